The zero-order chi connectivity index (χ0) is 18.8. The highest BCUT2D eigenvalue weighted by molar-refractivity contribution is 5.99. The minimum Gasteiger partial charge on any atom is -0.303 e. The largest absolute Gasteiger partial charge is 0.303 e. The van der Waals surface area contributed by atoms with E-state index in [0.29, 0.717) is 5.82 Å². The van der Waals surface area contributed by atoms with Gasteiger partial charge in [-0.05, 0) is 11.6 Å². The Bertz CT molecular complexity index is 1120. The van der Waals surface area contributed by atoms with Gasteiger partial charge in [0.25, 0.3) is 0 Å². The first kappa shape index (κ1) is 16.4. The molecule has 136 valence electrons. The number of hydrogen-bond acceptors (Lipinski definition) is 5. The van der Waals surface area contributed by atoms with E-state index in [9.17, 15) is 0 Å². The number of H-pyrrole nitrogens is 1. The SMILES string of the molecule is c1ccc(C2=NC(c3cccc(-c4n[nH]c(-c5ccccc5)n4)c3)NN2)cc1. The van der Waals surface area contributed by atoms with Crippen LogP contribution in [0, 0.1) is 0 Å². The highest BCUT2D eigenvalue weighted by atomic mass is 15.5. The maximum absolute atomic E-state index is 4.76. The number of aromatic amines is 1. The molecule has 3 aromatic carbocycles. The van der Waals surface area contributed by atoms with Gasteiger partial charge in [0.2, 0.25) is 0 Å². The number of aromatic nitrogens is 3. The van der Waals surface area contributed by atoms with Crippen molar-refractivity contribution in [3.63, 3.8) is 0 Å². The summed E-state index contributed by atoms with van der Waals surface area (Å²) in [6, 6.07) is 28.2. The predicted molar refractivity (Wildman–Crippen MR) is 109 cm³/mol. The molecule has 5 rings (SSSR count). The summed E-state index contributed by atoms with van der Waals surface area (Å²) in [5.41, 5.74) is 10.4. The molecular weight excluding hydrogens is 348 g/mol. The van der Waals surface area contributed by atoms with Gasteiger partial charge in [0, 0.05) is 16.7 Å². The molecule has 28 heavy (non-hydrogen) atoms. The van der Waals surface area contributed by atoms with Crippen LogP contribution in [0.5, 0.6) is 0 Å². The molecule has 3 N–H and O–H groups in total. The number of hydrogen-bond donors (Lipinski definition) is 3. The Morgan fingerprint density at radius 3 is 2.21 bits per heavy atom. The van der Waals surface area contributed by atoms with E-state index in [1.54, 1.807) is 0 Å². The Morgan fingerprint density at radius 2 is 1.43 bits per heavy atom. The van der Waals surface area contributed by atoms with Gasteiger partial charge < -0.3 is 5.43 Å². The first-order valence-electron chi connectivity index (χ1n) is 9.10. The summed E-state index contributed by atoms with van der Waals surface area (Å²) in [6.07, 6.45) is -0.164. The molecule has 0 spiro atoms. The fourth-order valence-corrected chi connectivity index (χ4v) is 3.19. The minimum absolute atomic E-state index is 0.164. The molecule has 0 bridgehead atoms. The second kappa shape index (κ2) is 7.09. The Balaban J connectivity index is 1.42. The van der Waals surface area contributed by atoms with Gasteiger partial charge in [-0.15, -0.1) is 0 Å². The standard InChI is InChI=1S/C22H18N6/c1-3-8-15(9-4-1)19-23-21(27-25-19)17-12-7-13-18(14-17)22-24-20(26-28-22)16-10-5-2-6-11-16/h1-14,21,27H,(H,23,25)(H,24,26,28). The van der Waals surface area contributed by atoms with Gasteiger partial charge in [0.1, 0.15) is 12.0 Å². The molecule has 6 heteroatoms. The van der Waals surface area contributed by atoms with Crippen molar-refractivity contribution >= 4 is 5.84 Å². The highest BCUT2D eigenvalue weighted by Gasteiger charge is 2.19. The second-order valence-corrected chi connectivity index (χ2v) is 6.51. The zero-order valence-electron chi connectivity index (χ0n) is 15.0. The number of rotatable bonds is 4. The normalized spacial score (nSPS) is 15.9. The van der Waals surface area contributed by atoms with E-state index < -0.39 is 0 Å². The number of aliphatic imine (C=N–C) groups is 1. The Labute approximate surface area is 162 Å². The fourth-order valence-electron chi connectivity index (χ4n) is 3.19. The van der Waals surface area contributed by atoms with Crippen LogP contribution in [0.25, 0.3) is 22.8 Å². The molecule has 0 radical (unpaired) electrons. The van der Waals surface area contributed by atoms with E-state index in [0.717, 1.165) is 33.9 Å². The minimum atomic E-state index is -0.164. The summed E-state index contributed by atoms with van der Waals surface area (Å²) in [4.78, 5) is 9.40. The monoisotopic (exact) mass is 366 g/mol. The van der Waals surface area contributed by atoms with Crippen LogP contribution in [0.3, 0.4) is 0 Å². The molecule has 0 aliphatic carbocycles. The van der Waals surface area contributed by atoms with Crippen molar-refractivity contribution in [3.8, 4) is 22.8 Å². The van der Waals surface area contributed by atoms with Crippen LogP contribution < -0.4 is 10.9 Å². The van der Waals surface area contributed by atoms with E-state index in [1.165, 1.54) is 0 Å². The third-order valence-corrected chi connectivity index (χ3v) is 4.63. The van der Waals surface area contributed by atoms with Crippen LogP contribution in [-0.4, -0.2) is 21.0 Å². The van der Waals surface area contributed by atoms with Crippen LogP contribution in [0.2, 0.25) is 0 Å². The van der Waals surface area contributed by atoms with Crippen molar-refractivity contribution in [3.05, 3.63) is 96.1 Å². The van der Waals surface area contributed by atoms with Crippen LogP contribution in [0.1, 0.15) is 17.3 Å². The summed E-state index contributed by atoms with van der Waals surface area (Å²) in [5.74, 6) is 2.25. The third-order valence-electron chi connectivity index (χ3n) is 4.63. The van der Waals surface area contributed by atoms with E-state index in [4.69, 9.17) is 4.99 Å². The second-order valence-electron chi connectivity index (χ2n) is 6.51. The van der Waals surface area contributed by atoms with Gasteiger partial charge in [-0.1, -0.05) is 78.9 Å². The molecule has 1 aliphatic rings. The molecule has 2 heterocycles. The maximum atomic E-state index is 4.76. The quantitative estimate of drug-likeness (QED) is 0.515. The van der Waals surface area contributed by atoms with Gasteiger partial charge >= 0.3 is 0 Å². The van der Waals surface area contributed by atoms with Crippen LogP contribution >= 0.6 is 0 Å². The fraction of sp³-hybridized carbons (Fsp3) is 0.0455. The van der Waals surface area contributed by atoms with Crippen molar-refractivity contribution in [1.29, 1.82) is 0 Å². The van der Waals surface area contributed by atoms with Gasteiger partial charge in [-0.25, -0.2) is 15.4 Å². The molecule has 1 atom stereocenters. The Hall–Kier alpha value is -3.77. The zero-order valence-corrected chi connectivity index (χ0v) is 15.0. The number of benzene rings is 3. The average Bonchev–Trinajstić information content (AvgIpc) is 3.46. The Kier molecular flexibility index (Phi) is 4.16. The summed E-state index contributed by atoms with van der Waals surface area (Å²) >= 11 is 0. The lowest BCUT2D eigenvalue weighted by atomic mass is 10.1. The lowest BCUT2D eigenvalue weighted by Gasteiger charge is -2.08. The van der Waals surface area contributed by atoms with E-state index in [-0.39, 0.29) is 6.17 Å². The first-order chi connectivity index (χ1) is 13.9. The van der Waals surface area contributed by atoms with E-state index in [2.05, 4.69) is 32.1 Å². The van der Waals surface area contributed by atoms with Crippen molar-refractivity contribution in [2.75, 3.05) is 0 Å². The number of nitrogens with one attached hydrogen (secondary N) is 3. The van der Waals surface area contributed by atoms with Crippen LogP contribution in [0.4, 0.5) is 0 Å². The molecule has 0 amide bonds. The lowest BCUT2D eigenvalue weighted by Crippen LogP contribution is -2.31. The maximum Gasteiger partial charge on any atom is 0.181 e. The van der Waals surface area contributed by atoms with Gasteiger partial charge in [0.05, 0.1) is 0 Å². The Morgan fingerprint density at radius 1 is 0.714 bits per heavy atom. The van der Waals surface area contributed by atoms with Gasteiger partial charge in [0.15, 0.2) is 11.6 Å². The average molecular weight is 366 g/mol. The smallest absolute Gasteiger partial charge is 0.181 e. The molecule has 1 aliphatic heterocycles. The molecule has 6 nitrogen and oxygen atoms in total. The van der Waals surface area contributed by atoms with Gasteiger partial charge in [-0.2, -0.15) is 5.10 Å². The number of amidine groups is 1. The van der Waals surface area contributed by atoms with Crippen LogP contribution in [0.15, 0.2) is 89.9 Å². The van der Waals surface area contributed by atoms with Crippen molar-refractivity contribution in [1.82, 2.24) is 26.0 Å². The van der Waals surface area contributed by atoms with Crippen LogP contribution in [-0.2, 0) is 0 Å². The third kappa shape index (κ3) is 3.17. The molecule has 1 unspecified atom stereocenters. The number of nitrogens with zero attached hydrogens (tertiary/aromatic N) is 3. The number of hydrazine groups is 1. The summed E-state index contributed by atoms with van der Waals surface area (Å²) < 4.78 is 0. The molecule has 0 fully saturated rings. The molecule has 0 saturated carbocycles. The molecular formula is C22H18N6. The molecule has 1 aromatic heterocycles. The summed E-state index contributed by atoms with van der Waals surface area (Å²) in [5, 5.41) is 7.41. The highest BCUT2D eigenvalue weighted by Crippen LogP contribution is 2.25. The predicted octanol–water partition coefficient (Wildman–Crippen LogP) is 3.69. The van der Waals surface area contributed by atoms with Crippen molar-refractivity contribution in [2.45, 2.75) is 6.17 Å². The summed E-state index contributed by atoms with van der Waals surface area (Å²) in [6.45, 7) is 0. The van der Waals surface area contributed by atoms with Crippen molar-refractivity contribution < 1.29 is 0 Å². The molecule has 4 aromatic rings. The van der Waals surface area contributed by atoms with E-state index >= 15 is 0 Å². The first-order valence-corrected chi connectivity index (χ1v) is 9.10. The lowest BCUT2D eigenvalue weighted by molar-refractivity contribution is 0.575. The topological polar surface area (TPSA) is 78.0 Å². The van der Waals surface area contributed by atoms with Gasteiger partial charge in [-0.3, -0.25) is 5.10 Å². The van der Waals surface area contributed by atoms with E-state index in [1.807, 2.05) is 78.9 Å². The molecule has 0 saturated heterocycles. The summed E-state index contributed by atoms with van der Waals surface area (Å²) in [7, 11) is 0. The van der Waals surface area contributed by atoms with Crippen molar-refractivity contribution in [2.24, 2.45) is 4.99 Å².